The van der Waals surface area contributed by atoms with Crippen LogP contribution in [0.4, 0.5) is 0 Å². The minimum Gasteiger partial charge on any atom is -0.382 e. The second kappa shape index (κ2) is 8.64. The zero-order valence-corrected chi connectivity index (χ0v) is 12.6. The molecule has 0 fully saturated rings. The van der Waals surface area contributed by atoms with Gasteiger partial charge in [0.25, 0.3) is 0 Å². The Hall–Kier alpha value is -0.420. The van der Waals surface area contributed by atoms with E-state index in [9.17, 15) is 0 Å². The Balaban J connectivity index is 2.37. The molecule has 1 rings (SSSR count). The third-order valence-electron chi connectivity index (χ3n) is 2.72. The van der Waals surface area contributed by atoms with Crippen LogP contribution in [0, 0.1) is 0 Å². The largest absolute Gasteiger partial charge is 0.382 e. The van der Waals surface area contributed by atoms with Gasteiger partial charge in [-0.15, -0.1) is 0 Å². The summed E-state index contributed by atoms with van der Waals surface area (Å²) in [5.74, 6) is 0. The Labute approximate surface area is 118 Å². The number of rotatable bonds is 9. The zero-order chi connectivity index (χ0) is 13.3. The van der Waals surface area contributed by atoms with Crippen LogP contribution < -0.4 is 0 Å². The van der Waals surface area contributed by atoms with Gasteiger partial charge in [0.05, 0.1) is 26.4 Å². The maximum Gasteiger partial charge on any atom is 0.100 e. The van der Waals surface area contributed by atoms with Crippen LogP contribution in [0.15, 0.2) is 30.3 Å². The van der Waals surface area contributed by atoms with E-state index in [0.29, 0.717) is 26.4 Å². The molecule has 4 heteroatoms. The van der Waals surface area contributed by atoms with Crippen LogP contribution in [-0.2, 0) is 19.8 Å². The van der Waals surface area contributed by atoms with Crippen molar-refractivity contribution in [2.24, 2.45) is 0 Å². The molecule has 1 atom stereocenters. The lowest BCUT2D eigenvalue weighted by atomic mass is 9.98. The molecule has 3 nitrogen and oxygen atoms in total. The topological polar surface area (TPSA) is 27.7 Å². The Morgan fingerprint density at radius 3 is 2.33 bits per heavy atom. The summed E-state index contributed by atoms with van der Waals surface area (Å²) >= 11 is 3.52. The number of alkyl halides is 1. The van der Waals surface area contributed by atoms with E-state index >= 15 is 0 Å². The third-order valence-corrected chi connectivity index (χ3v) is 3.79. The zero-order valence-electron chi connectivity index (χ0n) is 11.0. The van der Waals surface area contributed by atoms with Crippen LogP contribution in [0.1, 0.15) is 12.5 Å². The van der Waals surface area contributed by atoms with Crippen molar-refractivity contribution in [3.05, 3.63) is 35.9 Å². The fraction of sp³-hybridized carbons (Fsp3) is 0.571. The first kappa shape index (κ1) is 15.6. The van der Waals surface area contributed by atoms with Crippen molar-refractivity contribution >= 4 is 15.9 Å². The molecule has 0 aliphatic carbocycles. The molecule has 0 aliphatic heterocycles. The van der Waals surface area contributed by atoms with Crippen LogP contribution in [0.3, 0.4) is 0 Å². The van der Waals surface area contributed by atoms with E-state index in [2.05, 4.69) is 35.0 Å². The van der Waals surface area contributed by atoms with Crippen LogP contribution >= 0.6 is 15.9 Å². The normalized spacial score (nSPS) is 14.4. The van der Waals surface area contributed by atoms with E-state index in [0.717, 1.165) is 5.33 Å². The maximum absolute atomic E-state index is 5.93. The fourth-order valence-electron chi connectivity index (χ4n) is 1.56. The Morgan fingerprint density at radius 1 is 1.06 bits per heavy atom. The molecule has 0 saturated carbocycles. The van der Waals surface area contributed by atoms with Gasteiger partial charge in [-0.3, -0.25) is 0 Å². The lowest BCUT2D eigenvalue weighted by Gasteiger charge is -2.28. The summed E-state index contributed by atoms with van der Waals surface area (Å²) in [6.45, 7) is 4.45. The van der Waals surface area contributed by atoms with Crippen molar-refractivity contribution in [2.75, 3.05) is 38.9 Å². The van der Waals surface area contributed by atoms with Crippen LogP contribution in [0.5, 0.6) is 0 Å². The molecule has 0 amide bonds. The van der Waals surface area contributed by atoms with Crippen molar-refractivity contribution in [1.29, 1.82) is 0 Å². The Morgan fingerprint density at radius 2 is 1.72 bits per heavy atom. The molecule has 102 valence electrons. The van der Waals surface area contributed by atoms with Crippen molar-refractivity contribution < 1.29 is 14.2 Å². The first-order valence-corrected chi connectivity index (χ1v) is 7.17. The van der Waals surface area contributed by atoms with E-state index < -0.39 is 0 Å². The summed E-state index contributed by atoms with van der Waals surface area (Å²) in [5, 5.41) is 0.752. The number of ether oxygens (including phenoxy) is 3. The lowest BCUT2D eigenvalue weighted by molar-refractivity contribution is -0.0504. The van der Waals surface area contributed by atoms with Gasteiger partial charge in [0.1, 0.15) is 5.60 Å². The van der Waals surface area contributed by atoms with Gasteiger partial charge in [-0.25, -0.2) is 0 Å². The minimum absolute atomic E-state index is 0.314. The number of benzene rings is 1. The summed E-state index contributed by atoms with van der Waals surface area (Å²) < 4.78 is 16.2. The molecule has 0 saturated heterocycles. The van der Waals surface area contributed by atoms with Crippen LogP contribution in [0.2, 0.25) is 0 Å². The van der Waals surface area contributed by atoms with E-state index in [1.807, 2.05) is 18.2 Å². The second-order valence-corrected chi connectivity index (χ2v) is 4.74. The highest BCUT2D eigenvalue weighted by Gasteiger charge is 2.25. The molecule has 18 heavy (non-hydrogen) atoms. The molecule has 0 radical (unpaired) electrons. The van der Waals surface area contributed by atoms with Crippen molar-refractivity contribution in [2.45, 2.75) is 12.5 Å². The quantitative estimate of drug-likeness (QED) is 0.518. The first-order chi connectivity index (χ1) is 8.73. The molecule has 0 heterocycles. The summed E-state index contributed by atoms with van der Waals surface area (Å²) in [4.78, 5) is 0. The molecule has 1 aromatic carbocycles. The summed E-state index contributed by atoms with van der Waals surface area (Å²) in [6.07, 6.45) is 0. The Kier molecular flexibility index (Phi) is 7.51. The molecule has 0 N–H and O–H groups in total. The van der Waals surface area contributed by atoms with Gasteiger partial charge < -0.3 is 14.2 Å². The van der Waals surface area contributed by atoms with Gasteiger partial charge in [-0.05, 0) is 12.5 Å². The van der Waals surface area contributed by atoms with Crippen LogP contribution in [0.25, 0.3) is 0 Å². The average molecular weight is 317 g/mol. The van der Waals surface area contributed by atoms with E-state index in [-0.39, 0.29) is 5.60 Å². The summed E-state index contributed by atoms with van der Waals surface area (Å²) in [7, 11) is 1.66. The SMILES string of the molecule is COCCOCCOC(C)(CBr)c1ccccc1. The molecule has 0 aliphatic rings. The molecule has 1 aromatic rings. The Bertz CT molecular complexity index is 318. The third kappa shape index (κ3) is 5.06. The molecule has 0 spiro atoms. The number of halogens is 1. The monoisotopic (exact) mass is 316 g/mol. The molecular formula is C14H21BrO3. The minimum atomic E-state index is -0.314. The first-order valence-electron chi connectivity index (χ1n) is 6.05. The highest BCUT2D eigenvalue weighted by atomic mass is 79.9. The van der Waals surface area contributed by atoms with Crippen molar-refractivity contribution in [3.63, 3.8) is 0 Å². The standard InChI is InChI=1S/C14H21BrO3/c1-14(12-15,13-6-4-3-5-7-13)18-11-10-17-9-8-16-2/h3-7H,8-12H2,1-2H3. The molecule has 1 unspecified atom stereocenters. The second-order valence-electron chi connectivity index (χ2n) is 4.18. The summed E-state index contributed by atoms with van der Waals surface area (Å²) in [6, 6.07) is 10.2. The molecule has 0 bridgehead atoms. The number of hydrogen-bond acceptors (Lipinski definition) is 3. The van der Waals surface area contributed by atoms with Crippen LogP contribution in [-0.4, -0.2) is 38.9 Å². The number of hydrogen-bond donors (Lipinski definition) is 0. The number of methoxy groups -OCH3 is 1. The van der Waals surface area contributed by atoms with Gasteiger partial charge >= 0.3 is 0 Å². The highest BCUT2D eigenvalue weighted by Crippen LogP contribution is 2.27. The van der Waals surface area contributed by atoms with Crippen molar-refractivity contribution in [3.8, 4) is 0 Å². The van der Waals surface area contributed by atoms with Gasteiger partial charge in [0.15, 0.2) is 0 Å². The smallest absolute Gasteiger partial charge is 0.100 e. The molecular weight excluding hydrogens is 296 g/mol. The van der Waals surface area contributed by atoms with Gasteiger partial charge in [0.2, 0.25) is 0 Å². The van der Waals surface area contributed by atoms with Gasteiger partial charge in [0, 0.05) is 12.4 Å². The van der Waals surface area contributed by atoms with Gasteiger partial charge in [-0.2, -0.15) is 0 Å². The maximum atomic E-state index is 5.93. The van der Waals surface area contributed by atoms with E-state index in [4.69, 9.17) is 14.2 Å². The van der Waals surface area contributed by atoms with E-state index in [1.165, 1.54) is 5.56 Å². The predicted octanol–water partition coefficient (Wildman–Crippen LogP) is 2.98. The average Bonchev–Trinajstić information content (AvgIpc) is 2.43. The fourth-order valence-corrected chi connectivity index (χ4v) is 2.05. The van der Waals surface area contributed by atoms with Crippen molar-refractivity contribution in [1.82, 2.24) is 0 Å². The lowest BCUT2D eigenvalue weighted by Crippen LogP contribution is -2.29. The summed E-state index contributed by atoms with van der Waals surface area (Å²) in [5.41, 5.74) is 0.852. The van der Waals surface area contributed by atoms with E-state index in [1.54, 1.807) is 7.11 Å². The highest BCUT2D eigenvalue weighted by molar-refractivity contribution is 9.09. The predicted molar refractivity (Wildman–Crippen MR) is 76.2 cm³/mol. The molecule has 0 aromatic heterocycles. The van der Waals surface area contributed by atoms with Gasteiger partial charge in [-0.1, -0.05) is 46.3 Å².